The minimum atomic E-state index is -0.464. The lowest BCUT2D eigenvalue weighted by atomic mass is 10.1. The third-order valence-electron chi connectivity index (χ3n) is 5.11. The van der Waals surface area contributed by atoms with Gasteiger partial charge in [0.25, 0.3) is 11.6 Å². The molecule has 0 unspecified atom stereocenters. The van der Waals surface area contributed by atoms with Gasteiger partial charge in [0.05, 0.1) is 16.7 Å². The smallest absolute Gasteiger partial charge is 0.273 e. The number of halogens is 1. The first-order chi connectivity index (χ1) is 14.7. The molecule has 0 atom stereocenters. The Kier molecular flexibility index (Phi) is 8.54. The van der Waals surface area contributed by atoms with Crippen LogP contribution >= 0.6 is 23.7 Å². The second-order valence-electron chi connectivity index (χ2n) is 7.58. The number of fused-ring (bicyclic) bond motifs is 1. The zero-order chi connectivity index (χ0) is 22.7. The number of benzene rings is 2. The standard InChI is InChI=1S/C22H26N4O4S.ClH/c1-14-10-11-18(30-5)19-20(14)31-22(23-19)25(13-7-12-24(3)4)21(27)16-8-6-9-17(15(16)2)26(28)29;/h6,8-11H,7,12-13H2,1-5H3;1H. The van der Waals surface area contributed by atoms with Crippen molar-refractivity contribution in [2.24, 2.45) is 0 Å². The van der Waals surface area contributed by atoms with E-state index in [-0.39, 0.29) is 24.0 Å². The van der Waals surface area contributed by atoms with Crippen LogP contribution in [0.1, 0.15) is 27.9 Å². The molecule has 0 aliphatic carbocycles. The predicted octanol–water partition coefficient (Wildman–Crippen LogP) is 4.85. The summed E-state index contributed by atoms with van der Waals surface area (Å²) in [5, 5.41) is 11.9. The number of aryl methyl sites for hydroxylation is 1. The summed E-state index contributed by atoms with van der Waals surface area (Å²) >= 11 is 1.43. The molecule has 32 heavy (non-hydrogen) atoms. The fraction of sp³-hybridized carbons (Fsp3) is 0.364. The number of nitro groups is 1. The van der Waals surface area contributed by atoms with Gasteiger partial charge in [0.2, 0.25) is 0 Å². The molecule has 0 spiro atoms. The lowest BCUT2D eigenvalue weighted by molar-refractivity contribution is -0.385. The van der Waals surface area contributed by atoms with Gasteiger partial charge in [-0.05, 0) is 58.6 Å². The monoisotopic (exact) mass is 478 g/mol. The third kappa shape index (κ3) is 5.17. The third-order valence-corrected chi connectivity index (χ3v) is 6.32. The van der Waals surface area contributed by atoms with Gasteiger partial charge in [-0.15, -0.1) is 12.4 Å². The molecule has 1 aromatic heterocycles. The van der Waals surface area contributed by atoms with Crippen LogP contribution < -0.4 is 9.64 Å². The Balaban J connectivity index is 0.00000363. The normalized spacial score (nSPS) is 10.8. The van der Waals surface area contributed by atoms with Gasteiger partial charge in [-0.2, -0.15) is 0 Å². The van der Waals surface area contributed by atoms with E-state index in [1.165, 1.54) is 17.4 Å². The maximum Gasteiger partial charge on any atom is 0.273 e. The summed E-state index contributed by atoms with van der Waals surface area (Å²) in [6.45, 7) is 4.84. The minimum absolute atomic E-state index is 0. The highest BCUT2D eigenvalue weighted by molar-refractivity contribution is 7.22. The molecule has 1 amide bonds. The maximum absolute atomic E-state index is 13.6. The predicted molar refractivity (Wildman–Crippen MR) is 131 cm³/mol. The Morgan fingerprint density at radius 1 is 1.19 bits per heavy atom. The van der Waals surface area contributed by atoms with Crippen LogP contribution in [0.3, 0.4) is 0 Å². The van der Waals surface area contributed by atoms with Gasteiger partial charge >= 0.3 is 0 Å². The minimum Gasteiger partial charge on any atom is -0.494 e. The summed E-state index contributed by atoms with van der Waals surface area (Å²) in [6.07, 6.45) is 0.735. The van der Waals surface area contributed by atoms with Gasteiger partial charge < -0.3 is 9.64 Å². The molecule has 0 aliphatic heterocycles. The summed E-state index contributed by atoms with van der Waals surface area (Å²) < 4.78 is 6.41. The topological polar surface area (TPSA) is 88.8 Å². The molecule has 0 fully saturated rings. The number of thiazole rings is 1. The lowest BCUT2D eigenvalue weighted by Gasteiger charge is -2.21. The van der Waals surface area contributed by atoms with E-state index in [2.05, 4.69) is 0 Å². The number of hydrogen-bond donors (Lipinski definition) is 0. The van der Waals surface area contributed by atoms with E-state index in [9.17, 15) is 14.9 Å². The number of rotatable bonds is 8. The average molecular weight is 479 g/mol. The van der Waals surface area contributed by atoms with Crippen LogP contribution in [0.5, 0.6) is 5.75 Å². The summed E-state index contributed by atoms with van der Waals surface area (Å²) in [5.41, 5.74) is 2.35. The molecule has 3 aromatic rings. The summed E-state index contributed by atoms with van der Waals surface area (Å²) in [5.74, 6) is 0.353. The fourth-order valence-electron chi connectivity index (χ4n) is 3.41. The number of hydrogen-bond acceptors (Lipinski definition) is 7. The number of nitro benzene ring substituents is 1. The van der Waals surface area contributed by atoms with Crippen LogP contribution in [0.15, 0.2) is 30.3 Å². The Bertz CT molecular complexity index is 1130. The molecule has 2 aromatic carbocycles. The van der Waals surface area contributed by atoms with Crippen molar-refractivity contribution >= 4 is 50.7 Å². The van der Waals surface area contributed by atoms with Crippen molar-refractivity contribution in [2.45, 2.75) is 20.3 Å². The van der Waals surface area contributed by atoms with Crippen molar-refractivity contribution < 1.29 is 14.5 Å². The SMILES string of the molecule is COc1ccc(C)c2sc(N(CCCN(C)C)C(=O)c3cccc([N+](=O)[O-])c3C)nc12.Cl. The highest BCUT2D eigenvalue weighted by Crippen LogP contribution is 2.37. The van der Waals surface area contributed by atoms with Gasteiger partial charge in [0.15, 0.2) is 5.13 Å². The van der Waals surface area contributed by atoms with Crippen LogP contribution in [-0.4, -0.2) is 55.0 Å². The number of carbonyl (C=O) groups is 1. The van der Waals surface area contributed by atoms with E-state index in [4.69, 9.17) is 9.72 Å². The maximum atomic E-state index is 13.6. The molecule has 1 heterocycles. The van der Waals surface area contributed by atoms with Gasteiger partial charge in [-0.3, -0.25) is 19.8 Å². The molecule has 0 saturated heterocycles. The lowest BCUT2D eigenvalue weighted by Crippen LogP contribution is -2.34. The van der Waals surface area contributed by atoms with Crippen molar-refractivity contribution in [1.82, 2.24) is 9.88 Å². The van der Waals surface area contributed by atoms with Gasteiger partial charge in [0, 0.05) is 23.7 Å². The molecule has 10 heteroatoms. The van der Waals surface area contributed by atoms with Crippen molar-refractivity contribution in [1.29, 1.82) is 0 Å². The van der Waals surface area contributed by atoms with Crippen LogP contribution in [-0.2, 0) is 0 Å². The number of ether oxygens (including phenoxy) is 1. The Morgan fingerprint density at radius 2 is 1.91 bits per heavy atom. The molecule has 172 valence electrons. The molecule has 0 N–H and O–H groups in total. The average Bonchev–Trinajstić information content (AvgIpc) is 3.17. The number of amides is 1. The highest BCUT2D eigenvalue weighted by atomic mass is 35.5. The molecule has 0 bridgehead atoms. The summed E-state index contributed by atoms with van der Waals surface area (Å²) in [6, 6.07) is 8.41. The molecular formula is C22H27ClN4O4S. The molecule has 0 aliphatic rings. The van der Waals surface area contributed by atoms with E-state index < -0.39 is 4.92 Å². The Hall–Kier alpha value is -2.75. The van der Waals surface area contributed by atoms with E-state index in [0.29, 0.717) is 34.1 Å². The van der Waals surface area contributed by atoms with Gasteiger partial charge in [-0.25, -0.2) is 4.98 Å². The first kappa shape index (κ1) is 25.5. The summed E-state index contributed by atoms with van der Waals surface area (Å²) in [7, 11) is 5.54. The second-order valence-corrected chi connectivity index (χ2v) is 8.56. The largest absolute Gasteiger partial charge is 0.494 e. The van der Waals surface area contributed by atoms with Crippen molar-refractivity contribution in [3.8, 4) is 5.75 Å². The van der Waals surface area contributed by atoms with Crippen LogP contribution in [0, 0.1) is 24.0 Å². The van der Waals surface area contributed by atoms with Crippen LogP contribution in [0.2, 0.25) is 0 Å². The summed E-state index contributed by atoms with van der Waals surface area (Å²) in [4.78, 5) is 32.9. The van der Waals surface area contributed by atoms with Crippen molar-refractivity contribution in [3.63, 3.8) is 0 Å². The highest BCUT2D eigenvalue weighted by Gasteiger charge is 2.26. The van der Waals surface area contributed by atoms with Gasteiger partial charge in [0.1, 0.15) is 11.3 Å². The molecular weight excluding hydrogens is 452 g/mol. The number of methoxy groups -OCH3 is 1. The van der Waals surface area contributed by atoms with E-state index >= 15 is 0 Å². The fourth-order valence-corrected chi connectivity index (χ4v) is 4.48. The number of aromatic nitrogens is 1. The van der Waals surface area contributed by atoms with E-state index in [1.54, 1.807) is 31.1 Å². The quantitative estimate of drug-likeness (QED) is 0.339. The van der Waals surface area contributed by atoms with Gasteiger partial charge in [-0.1, -0.05) is 23.5 Å². The molecule has 0 radical (unpaired) electrons. The van der Waals surface area contributed by atoms with Crippen molar-refractivity contribution in [2.75, 3.05) is 39.2 Å². The number of nitrogens with zero attached hydrogens (tertiary/aromatic N) is 4. The first-order valence-corrected chi connectivity index (χ1v) is 10.7. The Labute approximate surface area is 197 Å². The molecule has 8 nitrogen and oxygen atoms in total. The zero-order valence-electron chi connectivity index (χ0n) is 18.7. The Morgan fingerprint density at radius 3 is 2.53 bits per heavy atom. The van der Waals surface area contributed by atoms with E-state index in [0.717, 1.165) is 23.2 Å². The van der Waals surface area contributed by atoms with Crippen LogP contribution in [0.25, 0.3) is 10.2 Å². The van der Waals surface area contributed by atoms with Crippen molar-refractivity contribution in [3.05, 3.63) is 57.1 Å². The zero-order valence-corrected chi connectivity index (χ0v) is 20.4. The first-order valence-electron chi connectivity index (χ1n) is 9.89. The molecule has 3 rings (SSSR count). The number of carbonyl (C=O) groups excluding carboxylic acids is 1. The van der Waals surface area contributed by atoms with E-state index in [1.807, 2.05) is 38.1 Å². The van der Waals surface area contributed by atoms with Crippen LogP contribution in [0.4, 0.5) is 10.8 Å². The molecule has 0 saturated carbocycles. The second kappa shape index (κ2) is 10.7. The number of anilines is 1.